The predicted octanol–water partition coefficient (Wildman–Crippen LogP) is 4.41. The number of ether oxygens (including phenoxy) is 1. The summed E-state index contributed by atoms with van der Waals surface area (Å²) in [7, 11) is 3.45. The second kappa shape index (κ2) is 17.3. The molecule has 0 aliphatic rings. The van der Waals surface area contributed by atoms with Crippen LogP contribution in [-0.2, 0) is 19.1 Å². The summed E-state index contributed by atoms with van der Waals surface area (Å²) in [5, 5.41) is 0. The van der Waals surface area contributed by atoms with E-state index in [1.54, 1.807) is 30.8 Å². The standard InChI is InChI=1S/C23H44N2O4/c1-6-9-11-13-15-17-24(4)21(26)19-20(23(28)29-8-3)22(27)25(5)18-16-14-12-10-7-2/h20H,6-19H2,1-5H3. The lowest BCUT2D eigenvalue weighted by molar-refractivity contribution is -0.158. The van der Waals surface area contributed by atoms with Gasteiger partial charge in [-0.05, 0) is 19.8 Å². The largest absolute Gasteiger partial charge is 0.465 e. The molecule has 0 radical (unpaired) electrons. The molecule has 29 heavy (non-hydrogen) atoms. The Morgan fingerprint density at radius 1 is 0.724 bits per heavy atom. The average Bonchev–Trinajstić information content (AvgIpc) is 2.70. The second-order valence-electron chi connectivity index (χ2n) is 7.91. The Bertz CT molecular complexity index is 468. The molecule has 0 bridgehead atoms. The van der Waals surface area contributed by atoms with Crippen molar-refractivity contribution in [3.05, 3.63) is 0 Å². The summed E-state index contributed by atoms with van der Waals surface area (Å²) in [6.07, 6.45) is 11.0. The van der Waals surface area contributed by atoms with Gasteiger partial charge in [-0.15, -0.1) is 0 Å². The van der Waals surface area contributed by atoms with Gasteiger partial charge in [0.15, 0.2) is 0 Å². The van der Waals surface area contributed by atoms with Crippen LogP contribution in [0.3, 0.4) is 0 Å². The van der Waals surface area contributed by atoms with Gasteiger partial charge in [0.1, 0.15) is 5.92 Å². The van der Waals surface area contributed by atoms with Crippen molar-refractivity contribution in [2.45, 2.75) is 91.4 Å². The lowest BCUT2D eigenvalue weighted by atomic mass is 10.0. The fourth-order valence-electron chi connectivity index (χ4n) is 3.25. The monoisotopic (exact) mass is 412 g/mol. The number of amides is 2. The predicted molar refractivity (Wildman–Crippen MR) is 118 cm³/mol. The molecule has 0 aliphatic carbocycles. The third-order valence-corrected chi connectivity index (χ3v) is 5.24. The molecule has 0 rings (SSSR count). The molecular formula is C23H44N2O4. The van der Waals surface area contributed by atoms with E-state index >= 15 is 0 Å². The molecule has 0 aromatic carbocycles. The first kappa shape index (κ1) is 27.4. The van der Waals surface area contributed by atoms with E-state index < -0.39 is 11.9 Å². The highest BCUT2D eigenvalue weighted by Gasteiger charge is 2.33. The van der Waals surface area contributed by atoms with Crippen LogP contribution in [0.2, 0.25) is 0 Å². The van der Waals surface area contributed by atoms with E-state index in [2.05, 4.69) is 13.8 Å². The first-order valence-corrected chi connectivity index (χ1v) is 11.5. The van der Waals surface area contributed by atoms with Crippen LogP contribution in [-0.4, -0.2) is 61.4 Å². The summed E-state index contributed by atoms with van der Waals surface area (Å²) in [5.41, 5.74) is 0. The van der Waals surface area contributed by atoms with E-state index in [0.29, 0.717) is 13.1 Å². The summed E-state index contributed by atoms with van der Waals surface area (Å²) in [6.45, 7) is 7.49. The summed E-state index contributed by atoms with van der Waals surface area (Å²) in [4.78, 5) is 41.0. The Morgan fingerprint density at radius 3 is 1.69 bits per heavy atom. The van der Waals surface area contributed by atoms with E-state index in [1.165, 1.54) is 32.1 Å². The van der Waals surface area contributed by atoms with Crippen molar-refractivity contribution in [1.29, 1.82) is 0 Å². The van der Waals surface area contributed by atoms with Gasteiger partial charge in [-0.3, -0.25) is 14.4 Å². The summed E-state index contributed by atoms with van der Waals surface area (Å²) in [5.74, 6) is -2.14. The Balaban J connectivity index is 4.68. The molecule has 0 aromatic heterocycles. The summed E-state index contributed by atoms with van der Waals surface area (Å²) >= 11 is 0. The molecule has 0 aromatic rings. The van der Waals surface area contributed by atoms with Gasteiger partial charge in [0, 0.05) is 33.6 Å². The highest BCUT2D eigenvalue weighted by Crippen LogP contribution is 2.14. The van der Waals surface area contributed by atoms with Gasteiger partial charge in [-0.1, -0.05) is 65.2 Å². The first-order valence-electron chi connectivity index (χ1n) is 11.5. The number of esters is 1. The van der Waals surface area contributed by atoms with E-state index in [1.807, 2.05) is 0 Å². The van der Waals surface area contributed by atoms with Gasteiger partial charge in [0.25, 0.3) is 0 Å². The van der Waals surface area contributed by atoms with Crippen molar-refractivity contribution in [2.24, 2.45) is 5.92 Å². The number of hydrogen-bond acceptors (Lipinski definition) is 4. The van der Waals surface area contributed by atoms with E-state index in [4.69, 9.17) is 4.74 Å². The van der Waals surface area contributed by atoms with Crippen LogP contribution in [0.4, 0.5) is 0 Å². The molecule has 0 saturated carbocycles. The van der Waals surface area contributed by atoms with Crippen molar-refractivity contribution in [3.8, 4) is 0 Å². The maximum atomic E-state index is 12.8. The normalized spacial score (nSPS) is 11.8. The Labute approximate surface area is 178 Å². The lowest BCUT2D eigenvalue weighted by Gasteiger charge is -2.24. The van der Waals surface area contributed by atoms with E-state index in [-0.39, 0.29) is 24.8 Å². The number of carbonyl (C=O) groups excluding carboxylic acids is 3. The summed E-state index contributed by atoms with van der Waals surface area (Å²) < 4.78 is 5.08. The SMILES string of the molecule is CCCCCCCN(C)C(=O)CC(C(=O)OCC)C(=O)N(C)CCCCCCC. The van der Waals surface area contributed by atoms with Crippen LogP contribution in [0, 0.1) is 5.92 Å². The van der Waals surface area contributed by atoms with Gasteiger partial charge >= 0.3 is 5.97 Å². The zero-order valence-electron chi connectivity index (χ0n) is 19.5. The Kier molecular flexibility index (Phi) is 16.3. The third kappa shape index (κ3) is 12.6. The molecule has 0 aliphatic heterocycles. The highest BCUT2D eigenvalue weighted by molar-refractivity contribution is 6.01. The van der Waals surface area contributed by atoms with Crippen LogP contribution >= 0.6 is 0 Å². The molecule has 6 nitrogen and oxygen atoms in total. The molecule has 1 unspecified atom stereocenters. The van der Waals surface area contributed by atoms with Crippen LogP contribution in [0.1, 0.15) is 91.4 Å². The molecule has 0 saturated heterocycles. The Hall–Kier alpha value is -1.59. The quantitative estimate of drug-likeness (QED) is 0.202. The minimum absolute atomic E-state index is 0.122. The highest BCUT2D eigenvalue weighted by atomic mass is 16.5. The fraction of sp³-hybridized carbons (Fsp3) is 0.870. The van der Waals surface area contributed by atoms with E-state index in [9.17, 15) is 14.4 Å². The molecule has 0 heterocycles. The maximum Gasteiger partial charge on any atom is 0.319 e. The van der Waals surface area contributed by atoms with Crippen molar-refractivity contribution >= 4 is 17.8 Å². The number of carbonyl (C=O) groups is 3. The van der Waals surface area contributed by atoms with Crippen molar-refractivity contribution in [1.82, 2.24) is 9.80 Å². The van der Waals surface area contributed by atoms with Gasteiger partial charge in [0.05, 0.1) is 6.61 Å². The van der Waals surface area contributed by atoms with E-state index in [0.717, 1.165) is 32.1 Å². The summed E-state index contributed by atoms with van der Waals surface area (Å²) in [6, 6.07) is 0. The third-order valence-electron chi connectivity index (χ3n) is 5.24. The smallest absolute Gasteiger partial charge is 0.319 e. The molecule has 0 spiro atoms. The number of rotatable bonds is 17. The zero-order valence-corrected chi connectivity index (χ0v) is 19.5. The number of unbranched alkanes of at least 4 members (excludes halogenated alkanes) is 8. The number of nitrogens with zero attached hydrogens (tertiary/aromatic N) is 2. The second-order valence-corrected chi connectivity index (χ2v) is 7.91. The molecule has 0 N–H and O–H groups in total. The van der Waals surface area contributed by atoms with Crippen LogP contribution in [0.25, 0.3) is 0 Å². The van der Waals surface area contributed by atoms with Gasteiger partial charge in [0.2, 0.25) is 11.8 Å². The van der Waals surface area contributed by atoms with Crippen LogP contribution in [0.5, 0.6) is 0 Å². The van der Waals surface area contributed by atoms with Gasteiger partial charge in [-0.2, -0.15) is 0 Å². The molecular weight excluding hydrogens is 368 g/mol. The van der Waals surface area contributed by atoms with Crippen LogP contribution in [0.15, 0.2) is 0 Å². The van der Waals surface area contributed by atoms with Crippen LogP contribution < -0.4 is 0 Å². The number of hydrogen-bond donors (Lipinski definition) is 0. The zero-order chi connectivity index (χ0) is 22.1. The maximum absolute atomic E-state index is 12.8. The fourth-order valence-corrected chi connectivity index (χ4v) is 3.25. The first-order chi connectivity index (χ1) is 13.9. The van der Waals surface area contributed by atoms with Gasteiger partial charge in [-0.25, -0.2) is 0 Å². The molecule has 1 atom stereocenters. The molecule has 2 amide bonds. The molecule has 0 fully saturated rings. The average molecular weight is 413 g/mol. The minimum Gasteiger partial charge on any atom is -0.465 e. The van der Waals surface area contributed by atoms with Gasteiger partial charge < -0.3 is 14.5 Å². The molecule has 6 heteroatoms. The topological polar surface area (TPSA) is 66.9 Å². The Morgan fingerprint density at radius 2 is 1.21 bits per heavy atom. The lowest BCUT2D eigenvalue weighted by Crippen LogP contribution is -2.41. The molecule has 170 valence electrons. The van der Waals surface area contributed by atoms with Crippen molar-refractivity contribution in [2.75, 3.05) is 33.8 Å². The minimum atomic E-state index is -1.05. The van der Waals surface area contributed by atoms with Crippen molar-refractivity contribution in [3.63, 3.8) is 0 Å². The van der Waals surface area contributed by atoms with Crippen molar-refractivity contribution < 1.29 is 19.1 Å².